The number of carbonyl (C=O) groups is 2. The molecule has 3 rings (SSSR count). The lowest BCUT2D eigenvalue weighted by molar-refractivity contribution is -0.160. The van der Waals surface area contributed by atoms with Crippen LogP contribution in [0.2, 0.25) is 5.02 Å². The van der Waals surface area contributed by atoms with E-state index >= 15 is 0 Å². The van der Waals surface area contributed by atoms with Gasteiger partial charge in [-0.2, -0.15) is 0 Å². The number of methoxy groups -OCH3 is 1. The van der Waals surface area contributed by atoms with Crippen molar-refractivity contribution in [3.63, 3.8) is 0 Å². The quantitative estimate of drug-likeness (QED) is 0.750. The number of esters is 1. The Morgan fingerprint density at radius 1 is 1.29 bits per heavy atom. The van der Waals surface area contributed by atoms with Gasteiger partial charge in [-0.3, -0.25) is 9.59 Å². The second-order valence-electron chi connectivity index (χ2n) is 6.57. The van der Waals surface area contributed by atoms with Gasteiger partial charge in [-0.1, -0.05) is 29.8 Å². The maximum absolute atomic E-state index is 12.4. The average molecular weight is 404 g/mol. The summed E-state index contributed by atoms with van der Waals surface area (Å²) < 4.78 is 16.2. The van der Waals surface area contributed by atoms with Gasteiger partial charge < -0.3 is 19.5 Å². The predicted molar refractivity (Wildman–Crippen MR) is 105 cm³/mol. The SMILES string of the molecule is COc1ccccc1CNC(=O)[C@@H](C)OC(=O)[C@H]1COc2ccc(Cl)cc2C1. The van der Waals surface area contributed by atoms with Crippen LogP contribution in [0.25, 0.3) is 0 Å². The number of amides is 1. The lowest BCUT2D eigenvalue weighted by Gasteiger charge is -2.25. The summed E-state index contributed by atoms with van der Waals surface area (Å²) in [5.74, 6) is 0.0839. The van der Waals surface area contributed by atoms with Crippen LogP contribution < -0.4 is 14.8 Å². The zero-order valence-electron chi connectivity index (χ0n) is 15.7. The summed E-state index contributed by atoms with van der Waals surface area (Å²) in [6, 6.07) is 12.7. The molecule has 0 aliphatic carbocycles. The Kier molecular flexibility index (Phi) is 6.41. The van der Waals surface area contributed by atoms with Gasteiger partial charge in [0.2, 0.25) is 0 Å². The zero-order chi connectivity index (χ0) is 20.1. The minimum atomic E-state index is -0.914. The van der Waals surface area contributed by atoms with Crippen LogP contribution in [0.1, 0.15) is 18.1 Å². The fourth-order valence-corrected chi connectivity index (χ4v) is 3.21. The molecule has 1 N–H and O–H groups in total. The van der Waals surface area contributed by atoms with Crippen molar-refractivity contribution in [1.29, 1.82) is 0 Å². The molecule has 2 aromatic carbocycles. The van der Waals surface area contributed by atoms with Gasteiger partial charge >= 0.3 is 5.97 Å². The van der Waals surface area contributed by atoms with Gasteiger partial charge in [0.25, 0.3) is 5.91 Å². The minimum Gasteiger partial charge on any atom is -0.496 e. The molecule has 0 spiro atoms. The van der Waals surface area contributed by atoms with Crippen molar-refractivity contribution in [3.05, 3.63) is 58.6 Å². The molecule has 0 saturated carbocycles. The van der Waals surface area contributed by atoms with Crippen molar-refractivity contribution in [2.75, 3.05) is 13.7 Å². The second-order valence-corrected chi connectivity index (χ2v) is 7.01. The molecule has 1 aliphatic heterocycles. The van der Waals surface area contributed by atoms with E-state index in [0.29, 0.717) is 17.2 Å². The fraction of sp³-hybridized carbons (Fsp3) is 0.333. The van der Waals surface area contributed by atoms with E-state index in [9.17, 15) is 9.59 Å². The maximum Gasteiger partial charge on any atom is 0.313 e. The predicted octanol–water partition coefficient (Wildman–Crippen LogP) is 3.15. The number of carbonyl (C=O) groups excluding carboxylic acids is 2. The third kappa shape index (κ3) is 4.75. The minimum absolute atomic E-state index is 0.211. The van der Waals surface area contributed by atoms with Crippen LogP contribution in [0.5, 0.6) is 11.5 Å². The normalized spacial score (nSPS) is 16.3. The summed E-state index contributed by atoms with van der Waals surface area (Å²) in [6.45, 7) is 2.04. The Labute approximate surface area is 168 Å². The smallest absolute Gasteiger partial charge is 0.313 e. The summed E-state index contributed by atoms with van der Waals surface area (Å²) in [5.41, 5.74) is 1.69. The summed E-state index contributed by atoms with van der Waals surface area (Å²) in [4.78, 5) is 24.7. The van der Waals surface area contributed by atoms with Crippen LogP contribution in [0.15, 0.2) is 42.5 Å². The molecule has 1 amide bonds. The van der Waals surface area contributed by atoms with Gasteiger partial charge in [0, 0.05) is 17.1 Å². The summed E-state index contributed by atoms with van der Waals surface area (Å²) >= 11 is 6.00. The average Bonchev–Trinajstić information content (AvgIpc) is 2.71. The first-order valence-electron chi connectivity index (χ1n) is 8.99. The highest BCUT2D eigenvalue weighted by atomic mass is 35.5. The van der Waals surface area contributed by atoms with Gasteiger partial charge in [0.1, 0.15) is 18.1 Å². The highest BCUT2D eigenvalue weighted by Gasteiger charge is 2.30. The van der Waals surface area contributed by atoms with Crippen LogP contribution in [0.3, 0.4) is 0 Å². The highest BCUT2D eigenvalue weighted by Crippen LogP contribution is 2.30. The largest absolute Gasteiger partial charge is 0.496 e. The van der Waals surface area contributed by atoms with Gasteiger partial charge in [-0.05, 0) is 43.2 Å². The summed E-state index contributed by atoms with van der Waals surface area (Å²) in [6.07, 6.45) is -0.451. The first-order chi connectivity index (χ1) is 13.5. The number of para-hydroxylation sites is 1. The van der Waals surface area contributed by atoms with E-state index in [0.717, 1.165) is 16.9 Å². The van der Waals surface area contributed by atoms with Crippen LogP contribution >= 0.6 is 11.6 Å². The number of ether oxygens (including phenoxy) is 3. The second kappa shape index (κ2) is 8.97. The molecule has 2 atom stereocenters. The van der Waals surface area contributed by atoms with E-state index < -0.39 is 18.0 Å². The topological polar surface area (TPSA) is 73.9 Å². The number of hydrogen-bond donors (Lipinski definition) is 1. The number of hydrogen-bond acceptors (Lipinski definition) is 5. The molecular formula is C21H22ClNO5. The van der Waals surface area contributed by atoms with Crippen molar-refractivity contribution in [2.45, 2.75) is 26.0 Å². The maximum atomic E-state index is 12.4. The van der Waals surface area contributed by atoms with E-state index in [1.54, 1.807) is 32.2 Å². The molecule has 0 radical (unpaired) electrons. The third-order valence-corrected chi connectivity index (χ3v) is 4.81. The molecule has 0 saturated heterocycles. The Balaban J connectivity index is 1.53. The molecule has 0 unspecified atom stereocenters. The molecule has 1 aliphatic rings. The van der Waals surface area contributed by atoms with Crippen molar-refractivity contribution < 1.29 is 23.8 Å². The summed E-state index contributed by atoms with van der Waals surface area (Å²) in [5, 5.41) is 3.34. The lowest BCUT2D eigenvalue weighted by atomic mass is 9.97. The molecule has 2 aromatic rings. The van der Waals surface area contributed by atoms with E-state index in [2.05, 4.69) is 5.32 Å². The number of fused-ring (bicyclic) bond motifs is 1. The van der Waals surface area contributed by atoms with Crippen LogP contribution in [0, 0.1) is 5.92 Å². The zero-order valence-corrected chi connectivity index (χ0v) is 16.5. The highest BCUT2D eigenvalue weighted by molar-refractivity contribution is 6.30. The Morgan fingerprint density at radius 2 is 2.07 bits per heavy atom. The van der Waals surface area contributed by atoms with Crippen LogP contribution in [0.4, 0.5) is 0 Å². The fourth-order valence-electron chi connectivity index (χ4n) is 3.01. The van der Waals surface area contributed by atoms with Crippen molar-refractivity contribution >= 4 is 23.5 Å². The van der Waals surface area contributed by atoms with Crippen LogP contribution in [-0.2, 0) is 27.3 Å². The molecule has 7 heteroatoms. The molecule has 0 bridgehead atoms. The molecule has 0 aromatic heterocycles. The first-order valence-corrected chi connectivity index (χ1v) is 9.37. The monoisotopic (exact) mass is 403 g/mol. The van der Waals surface area contributed by atoms with Crippen molar-refractivity contribution in [1.82, 2.24) is 5.32 Å². The summed E-state index contributed by atoms with van der Waals surface area (Å²) in [7, 11) is 1.57. The number of halogens is 1. The molecule has 28 heavy (non-hydrogen) atoms. The number of benzene rings is 2. The van der Waals surface area contributed by atoms with E-state index in [1.807, 2.05) is 24.3 Å². The number of rotatable bonds is 6. The van der Waals surface area contributed by atoms with Gasteiger partial charge in [-0.15, -0.1) is 0 Å². The van der Waals surface area contributed by atoms with E-state index in [4.69, 9.17) is 25.8 Å². The van der Waals surface area contributed by atoms with Gasteiger partial charge in [0.05, 0.1) is 13.0 Å². The third-order valence-electron chi connectivity index (χ3n) is 4.57. The lowest BCUT2D eigenvalue weighted by Crippen LogP contribution is -2.38. The standard InChI is InChI=1S/C21H22ClNO5/c1-13(20(24)23-11-14-5-3-4-6-18(14)26-2)28-21(25)16-9-15-10-17(22)7-8-19(15)27-12-16/h3-8,10,13,16H,9,11-12H2,1-2H3,(H,23,24)/t13-,16-/m1/s1. The van der Waals surface area contributed by atoms with Crippen molar-refractivity contribution in [2.24, 2.45) is 5.92 Å². The van der Waals surface area contributed by atoms with Gasteiger partial charge in [0.15, 0.2) is 6.10 Å². The Hall–Kier alpha value is -2.73. The Morgan fingerprint density at radius 3 is 2.86 bits per heavy atom. The molecule has 1 heterocycles. The molecule has 148 valence electrons. The van der Waals surface area contributed by atoms with E-state index in [1.165, 1.54) is 0 Å². The Bertz CT molecular complexity index is 870. The molecular weight excluding hydrogens is 382 g/mol. The first kappa shape index (κ1) is 20.0. The van der Waals surface area contributed by atoms with Gasteiger partial charge in [-0.25, -0.2) is 0 Å². The van der Waals surface area contributed by atoms with E-state index in [-0.39, 0.29) is 19.1 Å². The molecule has 6 nitrogen and oxygen atoms in total. The van der Waals surface area contributed by atoms with Crippen molar-refractivity contribution in [3.8, 4) is 11.5 Å². The van der Waals surface area contributed by atoms with Crippen LogP contribution in [-0.4, -0.2) is 31.7 Å². The molecule has 0 fully saturated rings. The number of nitrogens with one attached hydrogen (secondary N) is 1.